The Morgan fingerprint density at radius 1 is 1.48 bits per heavy atom. The molecule has 0 spiro atoms. The van der Waals surface area contributed by atoms with Gasteiger partial charge in [-0.05, 0) is 49.2 Å². The van der Waals surface area contributed by atoms with Gasteiger partial charge < -0.3 is 14.8 Å². The number of hydrogen-bond acceptors (Lipinski definition) is 4. The van der Waals surface area contributed by atoms with E-state index in [9.17, 15) is 4.79 Å². The summed E-state index contributed by atoms with van der Waals surface area (Å²) < 4.78 is 11.1. The summed E-state index contributed by atoms with van der Waals surface area (Å²) in [6.07, 6.45) is 2.28. The van der Waals surface area contributed by atoms with Crippen molar-refractivity contribution in [3.8, 4) is 5.75 Å². The normalized spacial score (nSPS) is 17.1. The number of carbonyl (C=O) groups is 1. The van der Waals surface area contributed by atoms with E-state index in [0.717, 1.165) is 19.4 Å². The van der Waals surface area contributed by atoms with Crippen LogP contribution in [0.4, 0.5) is 0 Å². The van der Waals surface area contributed by atoms with Gasteiger partial charge in [-0.2, -0.15) is 0 Å². The zero-order chi connectivity index (χ0) is 16.7. The van der Waals surface area contributed by atoms with E-state index in [0.29, 0.717) is 35.5 Å². The summed E-state index contributed by atoms with van der Waals surface area (Å²) in [5.41, 5.74) is 0.521. The topological polar surface area (TPSA) is 59.6 Å². The number of thiocarbonyl (C=S) groups is 1. The third kappa shape index (κ3) is 6.15. The summed E-state index contributed by atoms with van der Waals surface area (Å²) in [5, 5.41) is 6.02. The molecule has 1 aromatic carbocycles. The van der Waals surface area contributed by atoms with Crippen molar-refractivity contribution >= 4 is 23.2 Å². The lowest BCUT2D eigenvalue weighted by molar-refractivity contribution is 0.0972. The molecule has 6 heteroatoms. The SMILES string of the molecule is CC(C)COc1cccc(C(=O)NC(=S)NCC2CCCO2)c1. The van der Waals surface area contributed by atoms with Gasteiger partial charge in [0.25, 0.3) is 5.91 Å². The minimum Gasteiger partial charge on any atom is -0.493 e. The van der Waals surface area contributed by atoms with E-state index < -0.39 is 0 Å². The lowest BCUT2D eigenvalue weighted by Crippen LogP contribution is -2.42. The van der Waals surface area contributed by atoms with Crippen LogP contribution in [0.3, 0.4) is 0 Å². The van der Waals surface area contributed by atoms with Crippen LogP contribution in [-0.4, -0.2) is 36.9 Å². The number of amides is 1. The molecule has 1 heterocycles. The smallest absolute Gasteiger partial charge is 0.257 e. The fourth-order valence-electron chi connectivity index (χ4n) is 2.22. The van der Waals surface area contributed by atoms with Gasteiger partial charge in [0.1, 0.15) is 5.75 Å². The zero-order valence-corrected chi connectivity index (χ0v) is 14.4. The van der Waals surface area contributed by atoms with Crippen LogP contribution in [0, 0.1) is 5.92 Å². The van der Waals surface area contributed by atoms with Crippen LogP contribution in [-0.2, 0) is 4.74 Å². The van der Waals surface area contributed by atoms with Crippen LogP contribution in [0.5, 0.6) is 5.75 Å². The molecule has 0 aliphatic carbocycles. The van der Waals surface area contributed by atoms with Crippen LogP contribution < -0.4 is 15.4 Å². The minimum atomic E-state index is -0.246. The van der Waals surface area contributed by atoms with Gasteiger partial charge in [-0.1, -0.05) is 19.9 Å². The molecule has 0 radical (unpaired) electrons. The van der Waals surface area contributed by atoms with Gasteiger partial charge in [0.2, 0.25) is 0 Å². The summed E-state index contributed by atoms with van der Waals surface area (Å²) in [7, 11) is 0. The second-order valence-corrected chi connectivity index (χ2v) is 6.44. The molecule has 1 amide bonds. The lowest BCUT2D eigenvalue weighted by atomic mass is 10.2. The first-order valence-corrected chi connectivity index (χ1v) is 8.39. The van der Waals surface area contributed by atoms with Gasteiger partial charge in [0.05, 0.1) is 12.7 Å². The van der Waals surface area contributed by atoms with Gasteiger partial charge in [0.15, 0.2) is 5.11 Å². The van der Waals surface area contributed by atoms with E-state index in [2.05, 4.69) is 24.5 Å². The molecule has 2 N–H and O–H groups in total. The Morgan fingerprint density at radius 3 is 3.00 bits per heavy atom. The van der Waals surface area contributed by atoms with E-state index in [1.165, 1.54) is 0 Å². The number of carbonyl (C=O) groups excluding carboxylic acids is 1. The molecule has 1 atom stereocenters. The number of hydrogen-bond donors (Lipinski definition) is 2. The van der Waals surface area contributed by atoms with Gasteiger partial charge >= 0.3 is 0 Å². The molecular weight excluding hydrogens is 312 g/mol. The molecule has 2 rings (SSSR count). The van der Waals surface area contributed by atoms with Crippen molar-refractivity contribution in [2.24, 2.45) is 5.92 Å². The lowest BCUT2D eigenvalue weighted by Gasteiger charge is -2.14. The molecule has 0 aromatic heterocycles. The molecule has 126 valence electrons. The zero-order valence-electron chi connectivity index (χ0n) is 13.6. The molecule has 1 saturated heterocycles. The van der Waals surface area contributed by atoms with Crippen molar-refractivity contribution in [1.29, 1.82) is 0 Å². The highest BCUT2D eigenvalue weighted by Gasteiger charge is 2.16. The van der Waals surface area contributed by atoms with Crippen molar-refractivity contribution in [3.63, 3.8) is 0 Å². The Morgan fingerprint density at radius 2 is 2.30 bits per heavy atom. The highest BCUT2D eigenvalue weighted by atomic mass is 32.1. The minimum absolute atomic E-state index is 0.178. The fraction of sp³-hybridized carbons (Fsp3) is 0.529. The quantitative estimate of drug-likeness (QED) is 0.782. The second-order valence-electron chi connectivity index (χ2n) is 6.03. The number of rotatable bonds is 6. The first-order valence-electron chi connectivity index (χ1n) is 7.98. The average molecular weight is 336 g/mol. The predicted molar refractivity (Wildman–Crippen MR) is 93.8 cm³/mol. The highest BCUT2D eigenvalue weighted by molar-refractivity contribution is 7.80. The predicted octanol–water partition coefficient (Wildman–Crippen LogP) is 2.50. The number of ether oxygens (including phenoxy) is 2. The Labute approximate surface area is 142 Å². The standard InChI is InChI=1S/C17H24N2O3S/c1-12(2)11-22-14-6-3-5-13(9-14)16(20)19-17(23)18-10-15-7-4-8-21-15/h3,5-6,9,12,15H,4,7-8,10-11H2,1-2H3,(H2,18,19,20,23). The van der Waals surface area contributed by atoms with Crippen LogP contribution in [0.25, 0.3) is 0 Å². The molecule has 0 bridgehead atoms. The van der Waals surface area contributed by atoms with Gasteiger partial charge in [-0.3, -0.25) is 10.1 Å². The van der Waals surface area contributed by atoms with E-state index in [1.807, 2.05) is 6.07 Å². The van der Waals surface area contributed by atoms with Crippen molar-refractivity contribution in [3.05, 3.63) is 29.8 Å². The molecule has 1 fully saturated rings. The van der Waals surface area contributed by atoms with Crippen LogP contribution in [0.2, 0.25) is 0 Å². The molecule has 1 aliphatic rings. The Hall–Kier alpha value is -1.66. The molecular formula is C17H24N2O3S. The Kier molecular flexibility index (Phi) is 6.80. The van der Waals surface area contributed by atoms with Crippen LogP contribution >= 0.6 is 12.2 Å². The molecule has 0 saturated carbocycles. The van der Waals surface area contributed by atoms with Crippen molar-refractivity contribution in [2.75, 3.05) is 19.8 Å². The number of benzene rings is 1. The number of nitrogens with one attached hydrogen (secondary N) is 2. The average Bonchev–Trinajstić information content (AvgIpc) is 3.04. The Bertz CT molecular complexity index is 542. The fourth-order valence-corrected chi connectivity index (χ4v) is 2.40. The van der Waals surface area contributed by atoms with Gasteiger partial charge in [-0.15, -0.1) is 0 Å². The summed E-state index contributed by atoms with van der Waals surface area (Å²) in [4.78, 5) is 12.2. The van der Waals surface area contributed by atoms with Gasteiger partial charge in [0, 0.05) is 18.7 Å². The van der Waals surface area contributed by atoms with E-state index in [1.54, 1.807) is 18.2 Å². The maximum absolute atomic E-state index is 12.2. The van der Waals surface area contributed by atoms with E-state index in [-0.39, 0.29) is 12.0 Å². The van der Waals surface area contributed by atoms with E-state index in [4.69, 9.17) is 21.7 Å². The summed E-state index contributed by atoms with van der Waals surface area (Å²) in [6, 6.07) is 7.10. The summed E-state index contributed by atoms with van der Waals surface area (Å²) in [5.74, 6) is 0.872. The first-order chi connectivity index (χ1) is 11.0. The molecule has 23 heavy (non-hydrogen) atoms. The summed E-state index contributed by atoms with van der Waals surface area (Å²) >= 11 is 5.15. The molecule has 1 aromatic rings. The maximum Gasteiger partial charge on any atom is 0.257 e. The largest absolute Gasteiger partial charge is 0.493 e. The third-order valence-electron chi connectivity index (χ3n) is 3.42. The third-order valence-corrected chi connectivity index (χ3v) is 3.67. The second kappa shape index (κ2) is 8.84. The highest BCUT2D eigenvalue weighted by Crippen LogP contribution is 2.14. The Balaban J connectivity index is 1.81. The molecule has 5 nitrogen and oxygen atoms in total. The van der Waals surface area contributed by atoms with Crippen LogP contribution in [0.1, 0.15) is 37.0 Å². The van der Waals surface area contributed by atoms with Crippen LogP contribution in [0.15, 0.2) is 24.3 Å². The summed E-state index contributed by atoms with van der Waals surface area (Å²) in [6.45, 7) is 6.20. The van der Waals surface area contributed by atoms with Crippen molar-refractivity contribution in [1.82, 2.24) is 10.6 Å². The first kappa shape index (κ1) is 17.7. The van der Waals surface area contributed by atoms with E-state index >= 15 is 0 Å². The molecule has 1 aliphatic heterocycles. The monoisotopic (exact) mass is 336 g/mol. The van der Waals surface area contributed by atoms with Gasteiger partial charge in [-0.25, -0.2) is 0 Å². The molecule has 1 unspecified atom stereocenters. The van der Waals surface area contributed by atoms with Crippen molar-refractivity contribution in [2.45, 2.75) is 32.8 Å². The maximum atomic E-state index is 12.2. The van der Waals surface area contributed by atoms with Crippen molar-refractivity contribution < 1.29 is 14.3 Å².